The van der Waals surface area contributed by atoms with Crippen LogP contribution in [0.1, 0.15) is 40.5 Å². The SMILES string of the molecule is CC1(C)OC(=O)C(=C/C=C/N(CC#N)CC(=O)OCCCCOC(=O)CN(/C=C/C=C2C(=O)OC(C)(C)OC2=O)CC#N)C(=O)O1. The smallest absolute Gasteiger partial charge is 0.348 e. The average Bonchev–Trinajstić information content (AvgIpc) is 2.92. The van der Waals surface area contributed by atoms with E-state index in [-0.39, 0.29) is 50.5 Å². The fraction of sp³-hybridized carbons (Fsp3) is 0.467. The Labute approximate surface area is 265 Å². The number of carbonyl (C=O) groups excluding carboxylic acids is 6. The maximum absolute atomic E-state index is 12.2. The van der Waals surface area contributed by atoms with Gasteiger partial charge in [0.1, 0.15) is 37.3 Å². The molecule has 2 heterocycles. The second-order valence-corrected chi connectivity index (χ2v) is 10.5. The predicted octanol–water partition coefficient (Wildman–Crippen LogP) is 1.06. The molecule has 0 aromatic carbocycles. The Morgan fingerprint density at radius 2 is 1.00 bits per heavy atom. The minimum Gasteiger partial charge on any atom is -0.464 e. The molecule has 0 aliphatic carbocycles. The molecule has 0 saturated carbocycles. The zero-order chi connectivity index (χ0) is 34.3. The Kier molecular flexibility index (Phi) is 13.5. The van der Waals surface area contributed by atoms with E-state index >= 15 is 0 Å². The van der Waals surface area contributed by atoms with E-state index in [0.717, 1.165) is 12.2 Å². The van der Waals surface area contributed by atoms with Gasteiger partial charge < -0.3 is 38.2 Å². The van der Waals surface area contributed by atoms with Crippen molar-refractivity contribution in [3.8, 4) is 12.1 Å². The number of hydrogen-bond acceptors (Lipinski definition) is 16. The van der Waals surface area contributed by atoms with Gasteiger partial charge in [-0.2, -0.15) is 10.5 Å². The van der Waals surface area contributed by atoms with E-state index in [2.05, 4.69) is 0 Å². The molecule has 2 aliphatic rings. The van der Waals surface area contributed by atoms with Gasteiger partial charge in [-0.05, 0) is 37.1 Å². The first-order valence-corrected chi connectivity index (χ1v) is 13.9. The molecule has 0 radical (unpaired) electrons. The van der Waals surface area contributed by atoms with E-state index < -0.39 is 47.4 Å². The summed E-state index contributed by atoms with van der Waals surface area (Å²) in [7, 11) is 0. The third-order valence-electron chi connectivity index (χ3n) is 5.63. The van der Waals surface area contributed by atoms with Crippen LogP contribution in [0.3, 0.4) is 0 Å². The van der Waals surface area contributed by atoms with Gasteiger partial charge in [0.2, 0.25) is 0 Å². The van der Waals surface area contributed by atoms with Crippen LogP contribution in [0.2, 0.25) is 0 Å². The number of unbranched alkanes of at least 4 members (excludes halogenated alkanes) is 1. The molecule has 0 atom stereocenters. The van der Waals surface area contributed by atoms with E-state index in [9.17, 15) is 28.8 Å². The van der Waals surface area contributed by atoms with Crippen molar-refractivity contribution in [2.24, 2.45) is 0 Å². The van der Waals surface area contributed by atoms with Gasteiger partial charge in [0.05, 0.1) is 25.4 Å². The number of nitrogens with zero attached hydrogens (tertiary/aromatic N) is 4. The molecule has 0 spiro atoms. The molecule has 0 N–H and O–H groups in total. The number of nitriles is 2. The summed E-state index contributed by atoms with van der Waals surface area (Å²) in [5.41, 5.74) is -0.689. The zero-order valence-corrected chi connectivity index (χ0v) is 25.8. The van der Waals surface area contributed by atoms with E-state index in [1.165, 1.54) is 62.0 Å². The molecule has 16 heteroatoms. The van der Waals surface area contributed by atoms with Crippen molar-refractivity contribution in [3.05, 3.63) is 47.9 Å². The fourth-order valence-electron chi connectivity index (χ4n) is 3.62. The van der Waals surface area contributed by atoms with Crippen molar-refractivity contribution in [1.82, 2.24) is 9.80 Å². The minimum atomic E-state index is -1.38. The maximum Gasteiger partial charge on any atom is 0.348 e. The first-order valence-electron chi connectivity index (χ1n) is 13.9. The van der Waals surface area contributed by atoms with Gasteiger partial charge in [-0.25, -0.2) is 19.2 Å². The zero-order valence-electron chi connectivity index (χ0n) is 25.8. The highest BCUT2D eigenvalue weighted by Gasteiger charge is 2.39. The van der Waals surface area contributed by atoms with E-state index in [0.29, 0.717) is 12.8 Å². The summed E-state index contributed by atoms with van der Waals surface area (Å²) < 4.78 is 30.2. The number of rotatable bonds is 15. The predicted molar refractivity (Wildman–Crippen MR) is 152 cm³/mol. The largest absolute Gasteiger partial charge is 0.464 e. The van der Waals surface area contributed by atoms with Crippen LogP contribution in [0.15, 0.2) is 47.9 Å². The second kappa shape index (κ2) is 17.0. The molecular formula is C30H34N4O12. The molecule has 2 aliphatic heterocycles. The van der Waals surface area contributed by atoms with E-state index in [4.69, 9.17) is 38.9 Å². The lowest BCUT2D eigenvalue weighted by Gasteiger charge is -2.29. The van der Waals surface area contributed by atoms with Crippen LogP contribution >= 0.6 is 0 Å². The number of allylic oxidation sites excluding steroid dienone is 4. The van der Waals surface area contributed by atoms with Gasteiger partial charge in [-0.1, -0.05) is 0 Å². The minimum absolute atomic E-state index is 0.0119. The van der Waals surface area contributed by atoms with Crippen molar-refractivity contribution in [2.45, 2.75) is 52.1 Å². The summed E-state index contributed by atoms with van der Waals surface area (Å²) in [5, 5.41) is 18.1. The molecule has 246 valence electrons. The van der Waals surface area contributed by atoms with Crippen LogP contribution in [0.25, 0.3) is 0 Å². The van der Waals surface area contributed by atoms with Crippen LogP contribution in [-0.2, 0) is 57.2 Å². The number of cyclic esters (lactones) is 4. The van der Waals surface area contributed by atoms with Crippen LogP contribution in [0, 0.1) is 22.7 Å². The lowest BCUT2D eigenvalue weighted by atomic mass is 10.2. The Bertz CT molecular complexity index is 1260. The standard InChI is InChI=1S/C30H34N4O12/c1-29(2)43-25(37)21(26(38)44-29)9-7-13-33(15-11-31)19-23(35)41-17-5-6-18-42-24(36)20-34(16-12-32)14-8-10-22-27(39)45-30(3,4)46-28(22)40/h7-10,13-14H,5-6,15-20H2,1-4H3/b13-7+,14-8+. The molecule has 2 saturated heterocycles. The quantitative estimate of drug-likeness (QED) is 0.0610. The molecule has 2 fully saturated rings. The van der Waals surface area contributed by atoms with Gasteiger partial charge in [0, 0.05) is 40.1 Å². The molecular weight excluding hydrogens is 608 g/mol. The first kappa shape index (κ1) is 36.6. The molecule has 0 aromatic rings. The van der Waals surface area contributed by atoms with Gasteiger partial charge >= 0.3 is 35.8 Å². The Morgan fingerprint density at radius 3 is 1.30 bits per heavy atom. The normalized spacial score (nSPS) is 16.7. The van der Waals surface area contributed by atoms with Gasteiger partial charge in [-0.3, -0.25) is 9.59 Å². The molecule has 0 unspecified atom stereocenters. The Balaban J connectivity index is 1.72. The summed E-state index contributed by atoms with van der Waals surface area (Å²) in [5.74, 6) is -7.50. The summed E-state index contributed by atoms with van der Waals surface area (Å²) in [4.78, 5) is 74.9. The summed E-state index contributed by atoms with van der Waals surface area (Å²) in [6.45, 7) is 4.74. The Morgan fingerprint density at radius 1 is 0.674 bits per heavy atom. The average molecular weight is 643 g/mol. The third kappa shape index (κ3) is 12.5. The molecule has 16 nitrogen and oxygen atoms in total. The van der Waals surface area contributed by atoms with Crippen LogP contribution in [0.5, 0.6) is 0 Å². The van der Waals surface area contributed by atoms with Crippen molar-refractivity contribution < 1.29 is 57.2 Å². The van der Waals surface area contributed by atoms with Crippen LogP contribution in [0.4, 0.5) is 0 Å². The summed E-state index contributed by atoms with van der Waals surface area (Å²) in [6.07, 6.45) is 8.27. The molecule has 2 rings (SSSR count). The van der Waals surface area contributed by atoms with E-state index in [1.807, 2.05) is 12.1 Å². The van der Waals surface area contributed by atoms with Crippen molar-refractivity contribution in [2.75, 3.05) is 39.4 Å². The van der Waals surface area contributed by atoms with Crippen LogP contribution in [-0.4, -0.2) is 96.6 Å². The van der Waals surface area contributed by atoms with Gasteiger partial charge in [-0.15, -0.1) is 0 Å². The highest BCUT2D eigenvalue weighted by molar-refractivity contribution is 6.16. The number of hydrogen-bond donors (Lipinski definition) is 0. The van der Waals surface area contributed by atoms with Gasteiger partial charge in [0.25, 0.3) is 11.6 Å². The van der Waals surface area contributed by atoms with E-state index in [1.54, 1.807) is 0 Å². The lowest BCUT2D eigenvalue weighted by Crippen LogP contribution is -2.41. The van der Waals surface area contributed by atoms with Crippen LogP contribution < -0.4 is 0 Å². The first-order chi connectivity index (χ1) is 21.7. The Hall–Kier alpha value is -5.64. The molecule has 46 heavy (non-hydrogen) atoms. The number of carbonyl (C=O) groups is 6. The highest BCUT2D eigenvalue weighted by Crippen LogP contribution is 2.23. The molecule has 0 bridgehead atoms. The summed E-state index contributed by atoms with van der Waals surface area (Å²) in [6, 6.07) is 3.77. The summed E-state index contributed by atoms with van der Waals surface area (Å²) >= 11 is 0. The number of ether oxygens (including phenoxy) is 6. The van der Waals surface area contributed by atoms with Gasteiger partial charge in [0.15, 0.2) is 0 Å². The number of esters is 6. The van der Waals surface area contributed by atoms with Crippen molar-refractivity contribution in [1.29, 1.82) is 10.5 Å². The molecule has 0 aromatic heterocycles. The fourth-order valence-corrected chi connectivity index (χ4v) is 3.62. The highest BCUT2D eigenvalue weighted by atomic mass is 16.7. The topological polar surface area (TPSA) is 212 Å². The lowest BCUT2D eigenvalue weighted by molar-refractivity contribution is -0.224. The van der Waals surface area contributed by atoms with Crippen molar-refractivity contribution >= 4 is 35.8 Å². The van der Waals surface area contributed by atoms with Crippen molar-refractivity contribution in [3.63, 3.8) is 0 Å². The molecule has 0 amide bonds. The third-order valence-corrected chi connectivity index (χ3v) is 5.63. The maximum atomic E-state index is 12.2. The monoisotopic (exact) mass is 642 g/mol. The second-order valence-electron chi connectivity index (χ2n) is 10.5.